The molecule has 0 unspecified atom stereocenters. The van der Waals surface area contributed by atoms with Crippen LogP contribution in [0.1, 0.15) is 79.7 Å². The zero-order valence-electron chi connectivity index (χ0n) is 17.3. The monoisotopic (exact) mass is 394 g/mol. The number of hydrogen-bond acceptors (Lipinski definition) is 4. The molecule has 0 amide bonds. The summed E-state index contributed by atoms with van der Waals surface area (Å²) in [6.45, 7) is 5.96. The average molecular weight is 394 g/mol. The van der Waals surface area contributed by atoms with E-state index in [2.05, 4.69) is 24.3 Å². The molecule has 1 N–H and O–H groups in total. The first-order chi connectivity index (χ1) is 13.8. The number of nitrogens with zero attached hydrogens (tertiary/aromatic N) is 3. The van der Waals surface area contributed by atoms with Crippen LogP contribution in [-0.2, 0) is 6.42 Å². The van der Waals surface area contributed by atoms with Crippen LogP contribution in [0.2, 0.25) is 0 Å². The van der Waals surface area contributed by atoms with E-state index in [1.807, 2.05) is 13.0 Å². The second-order valence-corrected chi connectivity index (χ2v) is 9.20. The van der Waals surface area contributed by atoms with E-state index in [9.17, 15) is 14.4 Å². The van der Waals surface area contributed by atoms with Crippen LogP contribution in [0.15, 0.2) is 12.1 Å². The Morgan fingerprint density at radius 2 is 1.97 bits per heavy atom. The van der Waals surface area contributed by atoms with Gasteiger partial charge in [-0.3, -0.25) is 4.79 Å². The standard InChI is InChI=1S/C23H27FN4O/c1-14-22-20(11-23(2,3)12-21(22)29)28(27-14)16-9-18(24)17(13-25)19(10-16)26-15-7-5-4-6-8-15/h9-10,15,26H,4-8,11-12H2,1-3H3. The van der Waals surface area contributed by atoms with Gasteiger partial charge in [-0.1, -0.05) is 33.1 Å². The predicted molar refractivity (Wildman–Crippen MR) is 110 cm³/mol. The number of benzene rings is 1. The van der Waals surface area contributed by atoms with Crippen LogP contribution < -0.4 is 5.32 Å². The second-order valence-electron chi connectivity index (χ2n) is 9.20. The van der Waals surface area contributed by atoms with Crippen molar-refractivity contribution in [3.8, 4) is 11.8 Å². The van der Waals surface area contributed by atoms with Crippen molar-refractivity contribution in [2.75, 3.05) is 5.32 Å². The van der Waals surface area contributed by atoms with Crippen LogP contribution in [0.3, 0.4) is 0 Å². The van der Waals surface area contributed by atoms with E-state index in [1.165, 1.54) is 12.5 Å². The number of ketones is 1. The number of aromatic nitrogens is 2. The number of rotatable bonds is 3. The molecular formula is C23H27FN4O. The summed E-state index contributed by atoms with van der Waals surface area (Å²) < 4.78 is 16.5. The van der Waals surface area contributed by atoms with Gasteiger partial charge in [0.05, 0.1) is 28.3 Å². The summed E-state index contributed by atoms with van der Waals surface area (Å²) in [6.07, 6.45) is 6.74. The zero-order valence-corrected chi connectivity index (χ0v) is 17.3. The molecule has 4 rings (SSSR count). The summed E-state index contributed by atoms with van der Waals surface area (Å²) in [5.41, 5.74) is 3.10. The lowest BCUT2D eigenvalue weighted by atomic mass is 9.75. The Bertz CT molecular complexity index is 1010. The van der Waals surface area contributed by atoms with E-state index >= 15 is 0 Å². The van der Waals surface area contributed by atoms with E-state index in [1.54, 1.807) is 10.7 Å². The Labute approximate surface area is 170 Å². The van der Waals surface area contributed by atoms with Crippen LogP contribution in [-0.4, -0.2) is 21.6 Å². The molecule has 2 aliphatic carbocycles. The number of fused-ring (bicyclic) bond motifs is 1. The zero-order chi connectivity index (χ0) is 20.8. The maximum absolute atomic E-state index is 14.8. The third kappa shape index (κ3) is 3.66. The van der Waals surface area contributed by atoms with Crippen LogP contribution in [0.5, 0.6) is 0 Å². The number of carbonyl (C=O) groups is 1. The molecule has 0 spiro atoms. The number of anilines is 1. The van der Waals surface area contributed by atoms with Gasteiger partial charge in [-0.25, -0.2) is 9.07 Å². The first kappa shape index (κ1) is 19.6. The fraction of sp³-hybridized carbons (Fsp3) is 0.522. The molecule has 2 aliphatic rings. The Kier molecular flexibility index (Phi) is 4.94. The van der Waals surface area contributed by atoms with E-state index < -0.39 is 5.82 Å². The van der Waals surface area contributed by atoms with Gasteiger partial charge in [-0.2, -0.15) is 10.4 Å². The Hall–Kier alpha value is -2.68. The second kappa shape index (κ2) is 7.29. The number of aryl methyl sites for hydroxylation is 1. The van der Waals surface area contributed by atoms with Gasteiger partial charge in [-0.15, -0.1) is 0 Å². The number of Topliss-reactive ketones (excluding diaryl/α,β-unsaturated/α-hetero) is 1. The molecule has 1 saturated carbocycles. The highest BCUT2D eigenvalue weighted by Gasteiger charge is 2.36. The third-order valence-electron chi connectivity index (χ3n) is 6.12. The molecule has 0 atom stereocenters. The number of nitriles is 1. The van der Waals surface area contributed by atoms with Gasteiger partial charge >= 0.3 is 0 Å². The fourth-order valence-corrected chi connectivity index (χ4v) is 4.76. The highest BCUT2D eigenvalue weighted by molar-refractivity contribution is 5.99. The van der Waals surface area contributed by atoms with Gasteiger partial charge in [0, 0.05) is 18.5 Å². The molecule has 1 aromatic heterocycles. The van der Waals surface area contributed by atoms with Crippen LogP contribution in [0, 0.1) is 29.5 Å². The van der Waals surface area contributed by atoms with Crippen molar-refractivity contribution in [1.82, 2.24) is 9.78 Å². The van der Waals surface area contributed by atoms with E-state index in [0.717, 1.165) is 31.4 Å². The minimum atomic E-state index is -0.563. The van der Waals surface area contributed by atoms with Crippen molar-refractivity contribution >= 4 is 11.5 Å². The summed E-state index contributed by atoms with van der Waals surface area (Å²) in [6, 6.07) is 5.40. The topological polar surface area (TPSA) is 70.7 Å². The van der Waals surface area contributed by atoms with Gasteiger partial charge < -0.3 is 5.32 Å². The van der Waals surface area contributed by atoms with Crippen molar-refractivity contribution in [2.24, 2.45) is 5.41 Å². The van der Waals surface area contributed by atoms with E-state index in [-0.39, 0.29) is 22.8 Å². The van der Waals surface area contributed by atoms with Gasteiger partial charge in [0.1, 0.15) is 17.4 Å². The van der Waals surface area contributed by atoms with E-state index in [4.69, 9.17) is 0 Å². The van der Waals surface area contributed by atoms with Gasteiger partial charge in [0.15, 0.2) is 5.78 Å². The number of nitrogens with one attached hydrogen (secondary N) is 1. The predicted octanol–water partition coefficient (Wildman–Crippen LogP) is 5.09. The molecule has 0 saturated heterocycles. The van der Waals surface area contributed by atoms with Gasteiger partial charge in [-0.05, 0) is 37.7 Å². The van der Waals surface area contributed by atoms with Crippen molar-refractivity contribution in [2.45, 2.75) is 71.8 Å². The summed E-state index contributed by atoms with van der Waals surface area (Å²) in [7, 11) is 0. The van der Waals surface area contributed by atoms with Crippen molar-refractivity contribution in [3.05, 3.63) is 40.5 Å². The first-order valence-corrected chi connectivity index (χ1v) is 10.4. The Balaban J connectivity index is 1.79. The normalized spacial score (nSPS) is 18.9. The summed E-state index contributed by atoms with van der Waals surface area (Å²) in [4.78, 5) is 12.7. The molecule has 1 aromatic carbocycles. The molecule has 0 radical (unpaired) electrons. The molecule has 0 aliphatic heterocycles. The molecule has 152 valence electrons. The third-order valence-corrected chi connectivity index (χ3v) is 6.12. The van der Waals surface area contributed by atoms with Crippen molar-refractivity contribution < 1.29 is 9.18 Å². The van der Waals surface area contributed by atoms with Crippen molar-refractivity contribution in [1.29, 1.82) is 5.26 Å². The molecule has 5 nitrogen and oxygen atoms in total. The smallest absolute Gasteiger partial charge is 0.167 e. The summed E-state index contributed by atoms with van der Waals surface area (Å²) >= 11 is 0. The highest BCUT2D eigenvalue weighted by atomic mass is 19.1. The molecule has 2 aromatic rings. The number of carbonyl (C=O) groups excluding carboxylic acids is 1. The fourth-order valence-electron chi connectivity index (χ4n) is 4.76. The molecule has 1 heterocycles. The molecule has 1 fully saturated rings. The summed E-state index contributed by atoms with van der Waals surface area (Å²) in [5.74, 6) is -0.471. The van der Waals surface area contributed by atoms with Crippen LogP contribution in [0.25, 0.3) is 5.69 Å². The van der Waals surface area contributed by atoms with E-state index in [0.29, 0.717) is 35.5 Å². The minimum Gasteiger partial charge on any atom is -0.381 e. The minimum absolute atomic E-state index is 0.0356. The maximum Gasteiger partial charge on any atom is 0.167 e. The maximum atomic E-state index is 14.8. The molecule has 29 heavy (non-hydrogen) atoms. The highest BCUT2D eigenvalue weighted by Crippen LogP contribution is 2.37. The molecule has 0 bridgehead atoms. The lowest BCUT2D eigenvalue weighted by Crippen LogP contribution is -2.28. The van der Waals surface area contributed by atoms with Crippen LogP contribution >= 0.6 is 0 Å². The van der Waals surface area contributed by atoms with Crippen LogP contribution in [0.4, 0.5) is 10.1 Å². The van der Waals surface area contributed by atoms with Gasteiger partial charge in [0.25, 0.3) is 0 Å². The largest absolute Gasteiger partial charge is 0.381 e. The van der Waals surface area contributed by atoms with Gasteiger partial charge in [0.2, 0.25) is 0 Å². The molecule has 6 heteroatoms. The van der Waals surface area contributed by atoms with Crippen molar-refractivity contribution in [3.63, 3.8) is 0 Å². The lowest BCUT2D eigenvalue weighted by Gasteiger charge is -2.29. The Morgan fingerprint density at radius 3 is 2.66 bits per heavy atom. The number of halogens is 1. The average Bonchev–Trinajstić information content (AvgIpc) is 2.97. The Morgan fingerprint density at radius 1 is 1.24 bits per heavy atom. The lowest BCUT2D eigenvalue weighted by molar-refractivity contribution is 0.0910. The summed E-state index contributed by atoms with van der Waals surface area (Å²) in [5, 5.41) is 17.5. The SMILES string of the molecule is Cc1nn(-c2cc(F)c(C#N)c(NC3CCCCC3)c2)c2c1C(=O)CC(C)(C)C2. The number of hydrogen-bond donors (Lipinski definition) is 1. The quantitative estimate of drug-likeness (QED) is 0.787. The molecular weight excluding hydrogens is 367 g/mol. The first-order valence-electron chi connectivity index (χ1n) is 10.4.